The van der Waals surface area contributed by atoms with Gasteiger partial charge < -0.3 is 10.8 Å². The van der Waals surface area contributed by atoms with Crippen molar-refractivity contribution < 1.29 is 9.50 Å². The van der Waals surface area contributed by atoms with Crippen molar-refractivity contribution in [2.75, 3.05) is 19.6 Å². The van der Waals surface area contributed by atoms with Crippen LogP contribution in [0.4, 0.5) is 4.39 Å². The Balaban J connectivity index is 2.14. The maximum Gasteiger partial charge on any atom is 0.124 e. The van der Waals surface area contributed by atoms with E-state index in [0.717, 1.165) is 24.9 Å². The van der Waals surface area contributed by atoms with E-state index in [2.05, 4.69) is 16.7 Å². The first-order chi connectivity index (χ1) is 9.19. The quantitative estimate of drug-likeness (QED) is 0.785. The minimum Gasteiger partial charge on any atom is -0.392 e. The van der Waals surface area contributed by atoms with Gasteiger partial charge in [0.2, 0.25) is 0 Å². The van der Waals surface area contributed by atoms with Gasteiger partial charge in [0.25, 0.3) is 0 Å². The largest absolute Gasteiger partial charge is 0.392 e. The molecule has 4 heteroatoms. The highest BCUT2D eigenvalue weighted by Crippen LogP contribution is 2.17. The van der Waals surface area contributed by atoms with Crippen LogP contribution in [0.1, 0.15) is 24.0 Å². The zero-order valence-electron chi connectivity index (χ0n) is 10.9. The lowest BCUT2D eigenvalue weighted by molar-refractivity contribution is 0.0668. The second-order valence-electron chi connectivity index (χ2n) is 4.84. The number of likely N-dealkylation sites (tertiary alicyclic amines) is 1. The summed E-state index contributed by atoms with van der Waals surface area (Å²) < 4.78 is 13.3. The minimum absolute atomic E-state index is 0.257. The SMILES string of the molecule is NCC#Cc1cc(F)ccc1CN1CCCC(O)C1. The molecule has 0 bridgehead atoms. The van der Waals surface area contributed by atoms with Crippen LogP contribution in [0.25, 0.3) is 0 Å². The van der Waals surface area contributed by atoms with E-state index in [4.69, 9.17) is 5.73 Å². The molecule has 0 amide bonds. The molecule has 0 spiro atoms. The topological polar surface area (TPSA) is 49.5 Å². The van der Waals surface area contributed by atoms with E-state index >= 15 is 0 Å². The van der Waals surface area contributed by atoms with Gasteiger partial charge in [-0.25, -0.2) is 4.39 Å². The summed E-state index contributed by atoms with van der Waals surface area (Å²) in [5, 5.41) is 9.67. The number of halogens is 1. The van der Waals surface area contributed by atoms with Crippen LogP contribution in [0.3, 0.4) is 0 Å². The molecule has 3 N–H and O–H groups in total. The summed E-state index contributed by atoms with van der Waals surface area (Å²) in [6, 6.07) is 4.65. The predicted octanol–water partition coefficient (Wildman–Crippen LogP) is 1.09. The summed E-state index contributed by atoms with van der Waals surface area (Å²) in [5.41, 5.74) is 7.02. The molecule has 1 unspecified atom stereocenters. The van der Waals surface area contributed by atoms with Crippen LogP contribution in [0, 0.1) is 17.7 Å². The fourth-order valence-corrected chi connectivity index (χ4v) is 2.36. The molecule has 0 aliphatic carbocycles. The zero-order valence-corrected chi connectivity index (χ0v) is 10.9. The van der Waals surface area contributed by atoms with E-state index in [1.807, 2.05) is 0 Å². The highest BCUT2D eigenvalue weighted by molar-refractivity contribution is 5.41. The number of benzene rings is 1. The average Bonchev–Trinajstić information content (AvgIpc) is 2.39. The van der Waals surface area contributed by atoms with Crippen LogP contribution < -0.4 is 5.73 Å². The molecular formula is C15H19FN2O. The third-order valence-corrected chi connectivity index (χ3v) is 3.27. The first-order valence-electron chi connectivity index (χ1n) is 6.57. The van der Waals surface area contributed by atoms with Crippen molar-refractivity contribution in [2.24, 2.45) is 5.73 Å². The normalized spacial score (nSPS) is 19.8. The molecule has 2 rings (SSSR count). The van der Waals surface area contributed by atoms with Gasteiger partial charge in [-0.2, -0.15) is 0 Å². The monoisotopic (exact) mass is 262 g/mol. The van der Waals surface area contributed by atoms with Gasteiger partial charge >= 0.3 is 0 Å². The Hall–Kier alpha value is -1.41. The molecule has 0 aromatic heterocycles. The molecule has 19 heavy (non-hydrogen) atoms. The van der Waals surface area contributed by atoms with E-state index in [-0.39, 0.29) is 18.5 Å². The lowest BCUT2D eigenvalue weighted by atomic mass is 10.0. The smallest absolute Gasteiger partial charge is 0.124 e. The Morgan fingerprint density at radius 1 is 1.47 bits per heavy atom. The maximum absolute atomic E-state index is 13.3. The molecule has 3 nitrogen and oxygen atoms in total. The summed E-state index contributed by atoms with van der Waals surface area (Å²) in [4.78, 5) is 2.18. The Morgan fingerprint density at radius 2 is 2.32 bits per heavy atom. The molecule has 1 aliphatic heterocycles. The molecule has 1 aromatic rings. The molecule has 1 heterocycles. The van der Waals surface area contributed by atoms with Gasteiger partial charge in [0.05, 0.1) is 12.6 Å². The Kier molecular flexibility index (Phi) is 4.92. The van der Waals surface area contributed by atoms with Gasteiger partial charge in [-0.15, -0.1) is 0 Å². The molecule has 0 radical (unpaired) electrons. The minimum atomic E-state index is -0.288. The molecule has 1 fully saturated rings. The van der Waals surface area contributed by atoms with Crippen molar-refractivity contribution in [3.05, 3.63) is 35.1 Å². The molecule has 1 aromatic carbocycles. The fraction of sp³-hybridized carbons (Fsp3) is 0.467. The number of hydrogen-bond donors (Lipinski definition) is 2. The lowest BCUT2D eigenvalue weighted by Gasteiger charge is -2.30. The lowest BCUT2D eigenvalue weighted by Crippen LogP contribution is -2.37. The van der Waals surface area contributed by atoms with Crippen molar-refractivity contribution in [1.82, 2.24) is 4.90 Å². The van der Waals surface area contributed by atoms with Crippen molar-refractivity contribution in [1.29, 1.82) is 0 Å². The first kappa shape index (κ1) is 14.0. The van der Waals surface area contributed by atoms with Gasteiger partial charge in [0, 0.05) is 18.7 Å². The summed E-state index contributed by atoms with van der Waals surface area (Å²) >= 11 is 0. The Bertz CT molecular complexity index is 493. The molecule has 1 aliphatic rings. The summed E-state index contributed by atoms with van der Waals surface area (Å²) in [7, 11) is 0. The zero-order chi connectivity index (χ0) is 13.7. The number of rotatable bonds is 2. The van der Waals surface area contributed by atoms with E-state index in [1.165, 1.54) is 12.1 Å². The number of nitrogens with zero attached hydrogens (tertiary/aromatic N) is 1. The van der Waals surface area contributed by atoms with Gasteiger partial charge in [0.1, 0.15) is 5.82 Å². The molecular weight excluding hydrogens is 243 g/mol. The number of nitrogens with two attached hydrogens (primary N) is 1. The van der Waals surface area contributed by atoms with Gasteiger partial charge in [0.15, 0.2) is 0 Å². The van der Waals surface area contributed by atoms with Gasteiger partial charge in [-0.05, 0) is 37.1 Å². The third kappa shape index (κ3) is 4.03. The Morgan fingerprint density at radius 3 is 3.05 bits per heavy atom. The standard InChI is InChI=1S/C15H19FN2O/c16-14-6-5-13(12(9-14)3-1-7-17)10-18-8-2-4-15(19)11-18/h5-6,9,15,19H,2,4,7-8,10-11,17H2. The summed E-state index contributed by atoms with van der Waals surface area (Å²) in [5.74, 6) is 5.38. The fourth-order valence-electron chi connectivity index (χ4n) is 2.36. The molecule has 1 saturated heterocycles. The van der Waals surface area contributed by atoms with Crippen molar-refractivity contribution in [3.63, 3.8) is 0 Å². The average molecular weight is 262 g/mol. The number of aliphatic hydroxyl groups is 1. The number of β-amino-alcohol motifs (C(OH)–C–C–N with tert-alkyl or cyclic N) is 1. The van der Waals surface area contributed by atoms with E-state index in [9.17, 15) is 9.50 Å². The van der Waals surface area contributed by atoms with Crippen LogP contribution >= 0.6 is 0 Å². The third-order valence-electron chi connectivity index (χ3n) is 3.27. The summed E-state index contributed by atoms with van der Waals surface area (Å²) in [6.45, 7) is 2.57. The van der Waals surface area contributed by atoms with Crippen LogP contribution in [0.2, 0.25) is 0 Å². The van der Waals surface area contributed by atoms with Crippen LogP contribution in [0.15, 0.2) is 18.2 Å². The van der Waals surface area contributed by atoms with E-state index in [0.29, 0.717) is 18.7 Å². The number of hydrogen-bond acceptors (Lipinski definition) is 3. The number of piperidine rings is 1. The van der Waals surface area contributed by atoms with Crippen LogP contribution in [-0.4, -0.2) is 35.7 Å². The highest BCUT2D eigenvalue weighted by Gasteiger charge is 2.18. The molecule has 1 atom stereocenters. The van der Waals surface area contributed by atoms with Crippen LogP contribution in [-0.2, 0) is 6.54 Å². The summed E-state index contributed by atoms with van der Waals surface area (Å²) in [6.07, 6.45) is 1.60. The van der Waals surface area contributed by atoms with E-state index < -0.39 is 0 Å². The first-order valence-corrected chi connectivity index (χ1v) is 6.57. The van der Waals surface area contributed by atoms with E-state index in [1.54, 1.807) is 6.07 Å². The Labute approximate surface area is 113 Å². The van der Waals surface area contributed by atoms with Gasteiger partial charge in [-0.3, -0.25) is 4.90 Å². The van der Waals surface area contributed by atoms with Crippen molar-refractivity contribution >= 4 is 0 Å². The molecule has 0 saturated carbocycles. The van der Waals surface area contributed by atoms with Crippen LogP contribution in [0.5, 0.6) is 0 Å². The van der Waals surface area contributed by atoms with Gasteiger partial charge in [-0.1, -0.05) is 17.9 Å². The number of aliphatic hydroxyl groups excluding tert-OH is 1. The molecule has 102 valence electrons. The second kappa shape index (κ2) is 6.67. The predicted molar refractivity (Wildman–Crippen MR) is 72.9 cm³/mol. The maximum atomic E-state index is 13.3. The van der Waals surface area contributed by atoms with Crippen molar-refractivity contribution in [3.8, 4) is 11.8 Å². The van der Waals surface area contributed by atoms with Crippen molar-refractivity contribution in [2.45, 2.75) is 25.5 Å². The highest BCUT2D eigenvalue weighted by atomic mass is 19.1. The second-order valence-corrected chi connectivity index (χ2v) is 4.84.